The number of hydrogen-bond acceptors (Lipinski definition) is 5. The molecule has 6 nitrogen and oxygen atoms in total. The Kier molecular flexibility index (Phi) is 5.78. The average Bonchev–Trinajstić information content (AvgIpc) is 3.31. The fraction of sp³-hybridized carbons (Fsp3) is 0.222. The smallest absolute Gasteiger partial charge is 0.340 e. The molecule has 0 bridgehead atoms. The van der Waals surface area contributed by atoms with E-state index in [1.165, 1.54) is 12.1 Å². The molecule has 0 saturated carbocycles. The van der Waals surface area contributed by atoms with Gasteiger partial charge in [0.25, 0.3) is 0 Å². The van der Waals surface area contributed by atoms with Crippen LogP contribution in [0.4, 0.5) is 18.9 Å². The van der Waals surface area contributed by atoms with E-state index in [2.05, 4.69) is 10.3 Å². The maximum atomic E-state index is 14.3. The van der Waals surface area contributed by atoms with Crippen molar-refractivity contribution in [2.45, 2.75) is 39.2 Å². The summed E-state index contributed by atoms with van der Waals surface area (Å²) in [6.07, 6.45) is 3.36. The van der Waals surface area contributed by atoms with Gasteiger partial charge in [-0.25, -0.2) is 22.9 Å². The van der Waals surface area contributed by atoms with E-state index in [0.717, 1.165) is 42.3 Å². The number of aromatic nitrogens is 1. The lowest BCUT2D eigenvalue weighted by atomic mass is 9.93. The Balaban J connectivity index is 1.73. The Bertz CT molecular complexity index is 1600. The third-order valence-corrected chi connectivity index (χ3v) is 6.60. The minimum absolute atomic E-state index is 0.104. The molecule has 0 saturated heterocycles. The van der Waals surface area contributed by atoms with Gasteiger partial charge in [0.2, 0.25) is 0 Å². The highest BCUT2D eigenvalue weighted by Gasteiger charge is 2.28. The lowest BCUT2D eigenvalue weighted by molar-refractivity contribution is 0.0691. The van der Waals surface area contributed by atoms with Crippen LogP contribution in [0.2, 0.25) is 0 Å². The second-order valence-corrected chi connectivity index (χ2v) is 8.86. The quantitative estimate of drug-likeness (QED) is 0.357. The Labute approximate surface area is 203 Å². The molecule has 0 fully saturated rings. The van der Waals surface area contributed by atoms with E-state index >= 15 is 0 Å². The zero-order valence-corrected chi connectivity index (χ0v) is 19.4. The van der Waals surface area contributed by atoms with Gasteiger partial charge in [0.1, 0.15) is 22.7 Å². The molecule has 1 aliphatic carbocycles. The predicted molar refractivity (Wildman–Crippen MR) is 128 cm³/mol. The fourth-order valence-electron chi connectivity index (χ4n) is 4.92. The Morgan fingerprint density at radius 1 is 1.17 bits per heavy atom. The van der Waals surface area contributed by atoms with Gasteiger partial charge in [0, 0.05) is 11.1 Å². The van der Waals surface area contributed by atoms with Gasteiger partial charge in [-0.2, -0.15) is 0 Å². The van der Waals surface area contributed by atoms with E-state index < -0.39 is 35.0 Å². The first kappa shape index (κ1) is 23.6. The van der Waals surface area contributed by atoms with Gasteiger partial charge < -0.3 is 14.8 Å². The molecule has 5 rings (SSSR count). The van der Waals surface area contributed by atoms with E-state index in [4.69, 9.17) is 4.42 Å². The molecular formula is C27H21F3N2O4. The van der Waals surface area contributed by atoms with Gasteiger partial charge in [-0.05, 0) is 74.6 Å². The second-order valence-electron chi connectivity index (χ2n) is 8.86. The summed E-state index contributed by atoms with van der Waals surface area (Å²) in [5.74, 6) is -4.68. The molecule has 4 aromatic rings. The summed E-state index contributed by atoms with van der Waals surface area (Å²) in [5, 5.41) is 12.8. The van der Waals surface area contributed by atoms with Crippen molar-refractivity contribution < 1.29 is 27.5 Å². The first-order chi connectivity index (χ1) is 17.2. The van der Waals surface area contributed by atoms with Crippen LogP contribution in [-0.4, -0.2) is 16.1 Å². The van der Waals surface area contributed by atoms with E-state index in [1.54, 1.807) is 13.8 Å². The minimum Gasteiger partial charge on any atom is -0.478 e. The summed E-state index contributed by atoms with van der Waals surface area (Å²) in [6.45, 7) is 3.34. The monoisotopic (exact) mass is 494 g/mol. The van der Waals surface area contributed by atoms with Crippen LogP contribution in [0, 0.1) is 24.4 Å². The number of carboxylic acids is 1. The second kappa shape index (κ2) is 8.82. The lowest BCUT2D eigenvalue weighted by Gasteiger charge is -2.22. The Morgan fingerprint density at radius 3 is 2.64 bits per heavy atom. The van der Waals surface area contributed by atoms with E-state index in [9.17, 15) is 27.9 Å². The molecule has 184 valence electrons. The highest BCUT2D eigenvalue weighted by molar-refractivity contribution is 5.95. The van der Waals surface area contributed by atoms with Crippen LogP contribution >= 0.6 is 0 Å². The van der Waals surface area contributed by atoms with Gasteiger partial charge in [0.15, 0.2) is 22.8 Å². The van der Waals surface area contributed by atoms with Crippen molar-refractivity contribution in [1.82, 2.24) is 4.98 Å². The summed E-state index contributed by atoms with van der Waals surface area (Å²) in [4.78, 5) is 29.1. The zero-order chi connectivity index (χ0) is 25.7. The van der Waals surface area contributed by atoms with Crippen LogP contribution in [0.1, 0.15) is 52.0 Å². The van der Waals surface area contributed by atoms with Crippen LogP contribution in [-0.2, 0) is 12.8 Å². The Hall–Kier alpha value is -4.14. The van der Waals surface area contributed by atoms with Crippen LogP contribution in [0.3, 0.4) is 0 Å². The molecule has 1 aliphatic rings. The van der Waals surface area contributed by atoms with E-state index in [1.807, 2.05) is 6.07 Å². The number of aromatic carboxylic acids is 1. The number of rotatable bonds is 5. The van der Waals surface area contributed by atoms with Gasteiger partial charge in [0.05, 0.1) is 23.3 Å². The molecule has 2 aromatic carbocycles. The average molecular weight is 494 g/mol. The molecule has 2 N–H and O–H groups in total. The topological polar surface area (TPSA) is 92.4 Å². The number of anilines is 1. The number of hydrogen-bond donors (Lipinski definition) is 2. The molecule has 36 heavy (non-hydrogen) atoms. The van der Waals surface area contributed by atoms with Gasteiger partial charge >= 0.3 is 5.97 Å². The third kappa shape index (κ3) is 3.80. The van der Waals surface area contributed by atoms with Crippen molar-refractivity contribution in [3.8, 4) is 11.5 Å². The van der Waals surface area contributed by atoms with Crippen LogP contribution in [0.5, 0.6) is 0 Å². The molecule has 1 unspecified atom stereocenters. The maximum Gasteiger partial charge on any atom is 0.340 e. The lowest BCUT2D eigenvalue weighted by Crippen LogP contribution is -2.16. The molecule has 1 atom stereocenters. The van der Waals surface area contributed by atoms with Crippen molar-refractivity contribution in [1.29, 1.82) is 0 Å². The summed E-state index contributed by atoms with van der Waals surface area (Å²) < 4.78 is 47.8. The minimum atomic E-state index is -1.61. The zero-order valence-electron chi connectivity index (χ0n) is 19.4. The fourth-order valence-corrected chi connectivity index (χ4v) is 4.92. The van der Waals surface area contributed by atoms with Crippen molar-refractivity contribution >= 4 is 22.6 Å². The van der Waals surface area contributed by atoms with Crippen molar-refractivity contribution in [2.75, 3.05) is 5.32 Å². The highest BCUT2D eigenvalue weighted by atomic mass is 19.2. The number of fused-ring (bicyclic) bond motifs is 2. The first-order valence-electron chi connectivity index (χ1n) is 11.4. The normalized spacial score (nSPS) is 13.6. The molecule has 0 amide bonds. The van der Waals surface area contributed by atoms with Crippen LogP contribution in [0.15, 0.2) is 45.7 Å². The van der Waals surface area contributed by atoms with Crippen LogP contribution in [0.25, 0.3) is 22.4 Å². The first-order valence-corrected chi connectivity index (χ1v) is 11.4. The summed E-state index contributed by atoms with van der Waals surface area (Å²) in [5.41, 5.74) is 2.27. The number of aryl methyl sites for hydroxylation is 1. The number of nitrogens with one attached hydrogen (secondary N) is 1. The van der Waals surface area contributed by atoms with Crippen molar-refractivity contribution in [2.24, 2.45) is 0 Å². The number of benzene rings is 2. The number of carbonyl (C=O) groups is 1. The van der Waals surface area contributed by atoms with Crippen molar-refractivity contribution in [3.63, 3.8) is 0 Å². The molecule has 0 aliphatic heterocycles. The molecule has 2 aromatic heterocycles. The number of carboxylic acid groups (broad SMARTS) is 1. The maximum absolute atomic E-state index is 14.3. The third-order valence-electron chi connectivity index (χ3n) is 6.60. The highest BCUT2D eigenvalue weighted by Crippen LogP contribution is 2.38. The number of halogens is 3. The summed E-state index contributed by atoms with van der Waals surface area (Å²) in [7, 11) is 0. The number of pyridine rings is 1. The van der Waals surface area contributed by atoms with E-state index in [-0.39, 0.29) is 28.2 Å². The molecule has 0 radical (unpaired) electrons. The van der Waals surface area contributed by atoms with Gasteiger partial charge in [-0.1, -0.05) is 0 Å². The number of nitrogens with zero attached hydrogens (tertiary/aromatic N) is 1. The Morgan fingerprint density at radius 2 is 1.94 bits per heavy atom. The molecular weight excluding hydrogens is 473 g/mol. The molecule has 0 spiro atoms. The van der Waals surface area contributed by atoms with Gasteiger partial charge in [-0.3, -0.25) is 4.79 Å². The molecule has 9 heteroatoms. The predicted octanol–water partition coefficient (Wildman–Crippen LogP) is 5.94. The van der Waals surface area contributed by atoms with E-state index in [0.29, 0.717) is 22.9 Å². The largest absolute Gasteiger partial charge is 0.478 e. The SMILES string of the molecule is Cc1c(-c2ccc(F)cn2)oc2c(C(C)Nc3ccc(F)c(F)c3C(=O)O)c3c(cc2c1=O)CCC3. The van der Waals surface area contributed by atoms with Crippen molar-refractivity contribution in [3.05, 3.63) is 92.0 Å². The van der Waals surface area contributed by atoms with Crippen LogP contribution < -0.4 is 10.7 Å². The standard InChI is InChI=1S/C27H21F3N2O4/c1-12-24(33)17-10-14-4-3-5-16(14)21(26(17)36-25(12)20-8-6-15(28)11-31-20)13(2)32-19-9-7-18(29)23(30)22(19)27(34)35/h6-11,13,32H,3-5H2,1-2H3,(H,34,35). The van der Waals surface area contributed by atoms with Gasteiger partial charge in [-0.15, -0.1) is 0 Å². The summed E-state index contributed by atoms with van der Waals surface area (Å²) in [6, 6.07) is 5.83. The molecule has 2 heterocycles. The summed E-state index contributed by atoms with van der Waals surface area (Å²) >= 11 is 0.